The van der Waals surface area contributed by atoms with E-state index >= 15 is 0 Å². The molecule has 0 N–H and O–H groups in total. The summed E-state index contributed by atoms with van der Waals surface area (Å²) in [6.07, 6.45) is 8.33. The number of amides is 1. The van der Waals surface area contributed by atoms with Crippen LogP contribution in [0.5, 0.6) is 5.75 Å². The number of piperazine rings is 1. The molecule has 2 aliphatic rings. The molecular weight excluding hydrogens is 378 g/mol. The van der Waals surface area contributed by atoms with Gasteiger partial charge in [-0.15, -0.1) is 0 Å². The zero-order chi connectivity index (χ0) is 20.5. The molecule has 2 aromatic heterocycles. The SMILES string of the molecule is Cc1ccccc1OCC(=O)N1CCN(c2nccn3nc4c(c23)CCCC4)CC1. The van der Waals surface area contributed by atoms with Crippen molar-refractivity contribution in [1.29, 1.82) is 0 Å². The van der Waals surface area contributed by atoms with Crippen LogP contribution in [0.25, 0.3) is 5.52 Å². The zero-order valence-electron chi connectivity index (χ0n) is 17.4. The van der Waals surface area contributed by atoms with Crippen molar-refractivity contribution in [3.05, 3.63) is 53.5 Å². The third-order valence-electron chi connectivity index (χ3n) is 6.18. The summed E-state index contributed by atoms with van der Waals surface area (Å²) in [5.74, 6) is 1.80. The maximum Gasteiger partial charge on any atom is 0.260 e. The molecule has 3 aromatic rings. The number of benzene rings is 1. The third kappa shape index (κ3) is 3.49. The topological polar surface area (TPSA) is 63.0 Å². The number of nitrogens with zero attached hydrogens (tertiary/aromatic N) is 5. The summed E-state index contributed by atoms with van der Waals surface area (Å²) >= 11 is 0. The van der Waals surface area contributed by atoms with Crippen molar-refractivity contribution < 1.29 is 9.53 Å². The van der Waals surface area contributed by atoms with Crippen LogP contribution in [0.3, 0.4) is 0 Å². The maximum absolute atomic E-state index is 12.6. The molecule has 1 aromatic carbocycles. The minimum atomic E-state index is 0.0332. The summed E-state index contributed by atoms with van der Waals surface area (Å²) in [7, 11) is 0. The number of fused-ring (bicyclic) bond motifs is 3. The van der Waals surface area contributed by atoms with Crippen molar-refractivity contribution in [2.75, 3.05) is 37.7 Å². The largest absolute Gasteiger partial charge is 0.484 e. The van der Waals surface area contributed by atoms with E-state index in [-0.39, 0.29) is 12.5 Å². The molecule has 1 amide bonds. The summed E-state index contributed by atoms with van der Waals surface area (Å²) in [6.45, 7) is 4.95. The lowest BCUT2D eigenvalue weighted by molar-refractivity contribution is -0.133. The quantitative estimate of drug-likeness (QED) is 0.668. The molecule has 0 radical (unpaired) electrons. The van der Waals surface area contributed by atoms with E-state index in [0.717, 1.165) is 48.6 Å². The molecule has 0 atom stereocenters. The number of rotatable bonds is 4. The van der Waals surface area contributed by atoms with Crippen LogP contribution < -0.4 is 9.64 Å². The molecule has 0 spiro atoms. The van der Waals surface area contributed by atoms with Crippen LogP contribution in [0.4, 0.5) is 5.82 Å². The number of carbonyl (C=O) groups is 1. The van der Waals surface area contributed by atoms with Crippen molar-refractivity contribution in [1.82, 2.24) is 19.5 Å². The lowest BCUT2D eigenvalue weighted by Gasteiger charge is -2.35. The monoisotopic (exact) mass is 405 g/mol. The van der Waals surface area contributed by atoms with Gasteiger partial charge in [0.15, 0.2) is 12.4 Å². The van der Waals surface area contributed by atoms with Crippen molar-refractivity contribution in [3.63, 3.8) is 0 Å². The molecule has 7 nitrogen and oxygen atoms in total. The second-order valence-electron chi connectivity index (χ2n) is 8.10. The molecule has 1 aliphatic heterocycles. The Morgan fingerprint density at radius 1 is 1.10 bits per heavy atom. The number of hydrogen-bond donors (Lipinski definition) is 0. The van der Waals surface area contributed by atoms with E-state index < -0.39 is 0 Å². The first-order valence-corrected chi connectivity index (χ1v) is 10.8. The van der Waals surface area contributed by atoms with E-state index in [1.165, 1.54) is 24.1 Å². The van der Waals surface area contributed by atoms with Gasteiger partial charge in [-0.25, -0.2) is 9.50 Å². The third-order valence-corrected chi connectivity index (χ3v) is 6.18. The highest BCUT2D eigenvalue weighted by Gasteiger charge is 2.26. The molecular formula is C23H27N5O2. The van der Waals surface area contributed by atoms with Crippen LogP contribution in [0, 0.1) is 6.92 Å². The van der Waals surface area contributed by atoms with Gasteiger partial charge in [0.05, 0.1) is 5.69 Å². The fourth-order valence-electron chi connectivity index (χ4n) is 4.49. The normalized spacial score (nSPS) is 16.6. The Kier molecular flexibility index (Phi) is 5.02. The lowest BCUT2D eigenvalue weighted by atomic mass is 9.97. The number of anilines is 1. The molecule has 156 valence electrons. The van der Waals surface area contributed by atoms with Crippen molar-refractivity contribution >= 4 is 17.2 Å². The van der Waals surface area contributed by atoms with Crippen LogP contribution >= 0.6 is 0 Å². The standard InChI is InChI=1S/C23H27N5O2/c1-17-6-2-5-9-20(17)30-16-21(29)26-12-14-27(15-13-26)23-22-18-7-3-4-8-19(18)25-28(22)11-10-24-23/h2,5-6,9-11H,3-4,7-8,12-16H2,1H3. The second-order valence-corrected chi connectivity index (χ2v) is 8.10. The van der Waals surface area contributed by atoms with Crippen molar-refractivity contribution in [2.45, 2.75) is 32.6 Å². The van der Waals surface area contributed by atoms with Gasteiger partial charge in [0, 0.05) is 44.1 Å². The van der Waals surface area contributed by atoms with Gasteiger partial charge >= 0.3 is 0 Å². The Hall–Kier alpha value is -3.09. The molecule has 7 heteroatoms. The molecule has 1 fully saturated rings. The van der Waals surface area contributed by atoms with Gasteiger partial charge < -0.3 is 14.5 Å². The number of aryl methyl sites for hydroxylation is 3. The highest BCUT2D eigenvalue weighted by atomic mass is 16.5. The fraction of sp³-hybridized carbons (Fsp3) is 0.435. The summed E-state index contributed by atoms with van der Waals surface area (Å²) in [5, 5.41) is 4.78. The number of aromatic nitrogens is 3. The van der Waals surface area contributed by atoms with E-state index in [4.69, 9.17) is 14.8 Å². The first-order valence-electron chi connectivity index (χ1n) is 10.8. The molecule has 1 saturated heterocycles. The number of carbonyl (C=O) groups excluding carboxylic acids is 1. The van der Waals surface area contributed by atoms with Crippen LogP contribution in [-0.4, -0.2) is 58.2 Å². The van der Waals surface area contributed by atoms with Crippen LogP contribution in [-0.2, 0) is 17.6 Å². The van der Waals surface area contributed by atoms with E-state index in [0.29, 0.717) is 13.1 Å². The van der Waals surface area contributed by atoms with E-state index in [1.54, 1.807) is 0 Å². The van der Waals surface area contributed by atoms with Gasteiger partial charge in [0.2, 0.25) is 0 Å². The van der Waals surface area contributed by atoms with E-state index in [2.05, 4.69) is 4.90 Å². The average molecular weight is 406 g/mol. The summed E-state index contributed by atoms with van der Waals surface area (Å²) in [6, 6.07) is 7.78. The molecule has 30 heavy (non-hydrogen) atoms. The number of para-hydroxylation sites is 1. The summed E-state index contributed by atoms with van der Waals surface area (Å²) in [5.41, 5.74) is 4.76. The van der Waals surface area contributed by atoms with Gasteiger partial charge in [-0.1, -0.05) is 18.2 Å². The Morgan fingerprint density at radius 2 is 1.90 bits per heavy atom. The smallest absolute Gasteiger partial charge is 0.260 e. The minimum Gasteiger partial charge on any atom is -0.484 e. The van der Waals surface area contributed by atoms with Crippen molar-refractivity contribution in [3.8, 4) is 5.75 Å². The number of ether oxygens (including phenoxy) is 1. The van der Waals surface area contributed by atoms with Gasteiger partial charge in [0.1, 0.15) is 11.3 Å². The van der Waals surface area contributed by atoms with Gasteiger partial charge in [0.25, 0.3) is 5.91 Å². The lowest BCUT2D eigenvalue weighted by Crippen LogP contribution is -2.50. The molecule has 0 saturated carbocycles. The Balaban J connectivity index is 1.26. The van der Waals surface area contributed by atoms with E-state index in [9.17, 15) is 4.79 Å². The zero-order valence-corrected chi connectivity index (χ0v) is 17.4. The Labute approximate surface area is 176 Å². The van der Waals surface area contributed by atoms with E-state index in [1.807, 2.05) is 53.0 Å². The fourth-order valence-corrected chi connectivity index (χ4v) is 4.49. The van der Waals surface area contributed by atoms with Gasteiger partial charge in [-0.2, -0.15) is 5.10 Å². The van der Waals surface area contributed by atoms with Crippen LogP contribution in [0.15, 0.2) is 36.7 Å². The van der Waals surface area contributed by atoms with Crippen LogP contribution in [0.1, 0.15) is 29.7 Å². The highest BCUT2D eigenvalue weighted by molar-refractivity contribution is 5.79. The highest BCUT2D eigenvalue weighted by Crippen LogP contribution is 2.30. The predicted molar refractivity (Wildman–Crippen MR) is 115 cm³/mol. The maximum atomic E-state index is 12.6. The number of hydrogen-bond acceptors (Lipinski definition) is 5. The molecule has 0 bridgehead atoms. The molecule has 3 heterocycles. The molecule has 5 rings (SSSR count). The molecule has 0 unspecified atom stereocenters. The first kappa shape index (κ1) is 18.9. The molecule has 1 aliphatic carbocycles. The Bertz CT molecular complexity index is 1070. The first-order chi connectivity index (χ1) is 14.7. The predicted octanol–water partition coefficient (Wildman–Crippen LogP) is 2.64. The summed E-state index contributed by atoms with van der Waals surface area (Å²) < 4.78 is 7.74. The Morgan fingerprint density at radius 3 is 2.73 bits per heavy atom. The van der Waals surface area contributed by atoms with Gasteiger partial charge in [-0.3, -0.25) is 4.79 Å². The average Bonchev–Trinajstić information content (AvgIpc) is 3.17. The minimum absolute atomic E-state index is 0.0332. The second kappa shape index (κ2) is 7.97. The van der Waals surface area contributed by atoms with Gasteiger partial charge in [-0.05, 0) is 44.2 Å². The van der Waals surface area contributed by atoms with Crippen molar-refractivity contribution in [2.24, 2.45) is 0 Å². The summed E-state index contributed by atoms with van der Waals surface area (Å²) in [4.78, 5) is 21.5. The van der Waals surface area contributed by atoms with Crippen LogP contribution in [0.2, 0.25) is 0 Å².